The zero-order valence-electron chi connectivity index (χ0n) is 9.48. The minimum Gasteiger partial charge on any atom is -0.506 e. The molecule has 1 saturated heterocycles. The van der Waals surface area contributed by atoms with Crippen LogP contribution in [0.3, 0.4) is 0 Å². The number of para-hydroxylation sites is 1. The summed E-state index contributed by atoms with van der Waals surface area (Å²) in [5, 5.41) is 12.4. The molecule has 1 heterocycles. The highest BCUT2D eigenvalue weighted by Gasteiger charge is 2.18. The monoisotopic (exact) mass is 252 g/mol. The molecule has 5 heteroatoms. The molecule has 0 aliphatic carbocycles. The summed E-state index contributed by atoms with van der Waals surface area (Å²) in [6.07, 6.45) is 1.99. The summed E-state index contributed by atoms with van der Waals surface area (Å²) >= 11 is 1.91. The number of rotatable bonds is 2. The lowest BCUT2D eigenvalue weighted by Crippen LogP contribution is -2.37. The maximum atomic E-state index is 12.0. The number of amides is 1. The molecule has 92 valence electrons. The Hall–Kier alpha value is -1.36. The molecule has 4 nitrogen and oxygen atoms in total. The number of nitrogen functional groups attached to an aromatic ring is 1. The molecule has 1 fully saturated rings. The zero-order valence-corrected chi connectivity index (χ0v) is 10.3. The van der Waals surface area contributed by atoms with Gasteiger partial charge in [0, 0.05) is 6.04 Å². The number of hydrogen-bond donors (Lipinski definition) is 3. The van der Waals surface area contributed by atoms with Crippen molar-refractivity contribution in [3.8, 4) is 5.75 Å². The topological polar surface area (TPSA) is 75.3 Å². The van der Waals surface area contributed by atoms with Crippen LogP contribution in [0, 0.1) is 0 Å². The number of phenolic OH excluding ortho intramolecular Hbond substituents is 1. The Kier molecular flexibility index (Phi) is 3.78. The van der Waals surface area contributed by atoms with E-state index in [1.54, 1.807) is 12.1 Å². The van der Waals surface area contributed by atoms with Crippen LogP contribution >= 0.6 is 11.8 Å². The molecule has 1 aromatic rings. The van der Waals surface area contributed by atoms with Gasteiger partial charge in [-0.1, -0.05) is 6.07 Å². The maximum absolute atomic E-state index is 12.0. The molecule has 1 aliphatic heterocycles. The third-order valence-electron chi connectivity index (χ3n) is 2.88. The first kappa shape index (κ1) is 12.1. The van der Waals surface area contributed by atoms with Crippen molar-refractivity contribution in [2.45, 2.75) is 18.9 Å². The Morgan fingerprint density at radius 2 is 2.12 bits per heavy atom. The summed E-state index contributed by atoms with van der Waals surface area (Å²) in [6.45, 7) is 0. The van der Waals surface area contributed by atoms with E-state index in [-0.39, 0.29) is 23.4 Å². The lowest BCUT2D eigenvalue weighted by Gasteiger charge is -2.22. The van der Waals surface area contributed by atoms with E-state index >= 15 is 0 Å². The number of nitrogens with one attached hydrogen (secondary N) is 1. The molecule has 1 aliphatic rings. The van der Waals surface area contributed by atoms with Crippen LogP contribution in [0.15, 0.2) is 18.2 Å². The normalized spacial score (nSPS) is 16.7. The number of carbonyl (C=O) groups is 1. The number of thioether (sulfide) groups is 1. The third kappa shape index (κ3) is 2.85. The average molecular weight is 252 g/mol. The third-order valence-corrected chi connectivity index (χ3v) is 3.93. The zero-order chi connectivity index (χ0) is 12.3. The van der Waals surface area contributed by atoms with Crippen molar-refractivity contribution in [3.63, 3.8) is 0 Å². The largest absolute Gasteiger partial charge is 0.506 e. The van der Waals surface area contributed by atoms with Gasteiger partial charge in [-0.15, -0.1) is 0 Å². The number of phenols is 1. The van der Waals surface area contributed by atoms with Gasteiger partial charge in [-0.2, -0.15) is 11.8 Å². The van der Waals surface area contributed by atoms with E-state index in [0.717, 1.165) is 24.3 Å². The molecule has 4 N–H and O–H groups in total. The number of carbonyl (C=O) groups excluding carboxylic acids is 1. The second-order valence-electron chi connectivity index (χ2n) is 4.10. The minimum atomic E-state index is -0.199. The van der Waals surface area contributed by atoms with E-state index in [1.807, 2.05) is 11.8 Å². The van der Waals surface area contributed by atoms with E-state index in [9.17, 15) is 9.90 Å². The number of nitrogens with two attached hydrogens (primary N) is 1. The highest BCUT2D eigenvalue weighted by Crippen LogP contribution is 2.24. The highest BCUT2D eigenvalue weighted by molar-refractivity contribution is 7.99. The minimum absolute atomic E-state index is 0.0446. The molecule has 0 bridgehead atoms. The highest BCUT2D eigenvalue weighted by atomic mass is 32.2. The van der Waals surface area contributed by atoms with Crippen LogP contribution in [0.1, 0.15) is 23.2 Å². The lowest BCUT2D eigenvalue weighted by atomic mass is 10.1. The van der Waals surface area contributed by atoms with E-state index in [2.05, 4.69) is 5.32 Å². The number of hydrogen-bond acceptors (Lipinski definition) is 4. The predicted octanol–water partition coefficient (Wildman–Crippen LogP) is 1.60. The van der Waals surface area contributed by atoms with Crippen LogP contribution in [0.2, 0.25) is 0 Å². The van der Waals surface area contributed by atoms with Gasteiger partial charge in [0.05, 0.1) is 11.3 Å². The molecule has 0 saturated carbocycles. The maximum Gasteiger partial charge on any atom is 0.253 e. The van der Waals surface area contributed by atoms with Gasteiger partial charge in [0.25, 0.3) is 5.91 Å². The van der Waals surface area contributed by atoms with Crippen LogP contribution in [-0.2, 0) is 0 Å². The Labute approximate surface area is 105 Å². The fourth-order valence-corrected chi connectivity index (χ4v) is 2.96. The Balaban J connectivity index is 2.06. The predicted molar refractivity (Wildman–Crippen MR) is 70.3 cm³/mol. The van der Waals surface area contributed by atoms with Gasteiger partial charge in [0.1, 0.15) is 5.75 Å². The summed E-state index contributed by atoms with van der Waals surface area (Å²) < 4.78 is 0. The van der Waals surface area contributed by atoms with Gasteiger partial charge < -0.3 is 16.2 Å². The first-order valence-corrected chi connectivity index (χ1v) is 6.80. The van der Waals surface area contributed by atoms with Crippen molar-refractivity contribution >= 4 is 23.4 Å². The molecule has 2 rings (SSSR count). The van der Waals surface area contributed by atoms with Crippen molar-refractivity contribution < 1.29 is 9.90 Å². The molecule has 0 aromatic heterocycles. The first-order chi connectivity index (χ1) is 8.18. The van der Waals surface area contributed by atoms with E-state index < -0.39 is 0 Å². The summed E-state index contributed by atoms with van der Waals surface area (Å²) in [7, 11) is 0. The molecular formula is C12H16N2O2S. The standard InChI is InChI=1S/C12H16N2O2S/c13-11-9(2-1-3-10(11)15)12(16)14-8-4-6-17-7-5-8/h1-3,8,15H,4-7,13H2,(H,14,16). The second-order valence-corrected chi connectivity index (χ2v) is 5.32. The van der Waals surface area contributed by atoms with E-state index in [4.69, 9.17) is 5.73 Å². The molecule has 1 amide bonds. The fourth-order valence-electron chi connectivity index (χ4n) is 1.86. The lowest BCUT2D eigenvalue weighted by molar-refractivity contribution is 0.0935. The molecule has 0 atom stereocenters. The Morgan fingerprint density at radius 1 is 1.41 bits per heavy atom. The van der Waals surface area contributed by atoms with Crippen LogP contribution < -0.4 is 11.1 Å². The van der Waals surface area contributed by atoms with Crippen molar-refractivity contribution in [2.24, 2.45) is 0 Å². The van der Waals surface area contributed by atoms with Crippen LogP contribution in [0.25, 0.3) is 0 Å². The van der Waals surface area contributed by atoms with Gasteiger partial charge >= 0.3 is 0 Å². The summed E-state index contributed by atoms with van der Waals surface area (Å²) in [5.41, 5.74) is 6.17. The summed E-state index contributed by atoms with van der Waals surface area (Å²) in [5.74, 6) is 1.92. The fraction of sp³-hybridized carbons (Fsp3) is 0.417. The van der Waals surface area contributed by atoms with Crippen molar-refractivity contribution in [1.29, 1.82) is 0 Å². The van der Waals surface area contributed by atoms with Gasteiger partial charge in [-0.3, -0.25) is 4.79 Å². The quantitative estimate of drug-likeness (QED) is 0.552. The number of aromatic hydroxyl groups is 1. The summed E-state index contributed by atoms with van der Waals surface area (Å²) in [4.78, 5) is 12.0. The summed E-state index contributed by atoms with van der Waals surface area (Å²) in [6, 6.07) is 4.95. The van der Waals surface area contributed by atoms with Crippen molar-refractivity contribution in [2.75, 3.05) is 17.2 Å². The number of anilines is 1. The van der Waals surface area contributed by atoms with Crippen LogP contribution in [0.5, 0.6) is 5.75 Å². The average Bonchev–Trinajstić information content (AvgIpc) is 2.34. The molecule has 1 aromatic carbocycles. The molecule has 0 unspecified atom stereocenters. The van der Waals surface area contributed by atoms with Gasteiger partial charge in [0.2, 0.25) is 0 Å². The smallest absolute Gasteiger partial charge is 0.253 e. The van der Waals surface area contributed by atoms with Crippen LogP contribution in [0.4, 0.5) is 5.69 Å². The Bertz CT molecular complexity index is 417. The molecule has 17 heavy (non-hydrogen) atoms. The SMILES string of the molecule is Nc1c(O)cccc1C(=O)NC1CCSCC1. The molecule has 0 radical (unpaired) electrons. The molecule has 0 spiro atoms. The van der Waals surface area contributed by atoms with Gasteiger partial charge in [-0.25, -0.2) is 0 Å². The van der Waals surface area contributed by atoms with Crippen molar-refractivity contribution in [3.05, 3.63) is 23.8 Å². The van der Waals surface area contributed by atoms with E-state index in [1.165, 1.54) is 6.07 Å². The number of benzene rings is 1. The first-order valence-electron chi connectivity index (χ1n) is 5.64. The van der Waals surface area contributed by atoms with Crippen molar-refractivity contribution in [1.82, 2.24) is 5.32 Å². The Morgan fingerprint density at radius 3 is 2.82 bits per heavy atom. The van der Waals surface area contributed by atoms with Gasteiger partial charge in [0.15, 0.2) is 0 Å². The molecular weight excluding hydrogens is 236 g/mol. The van der Waals surface area contributed by atoms with E-state index in [0.29, 0.717) is 5.56 Å². The van der Waals surface area contributed by atoms with Gasteiger partial charge in [-0.05, 0) is 36.5 Å². The van der Waals surface area contributed by atoms with Crippen LogP contribution in [-0.4, -0.2) is 28.6 Å². The second kappa shape index (κ2) is 5.31.